The quantitative estimate of drug-likeness (QED) is 0.867. The summed E-state index contributed by atoms with van der Waals surface area (Å²) in [6.07, 6.45) is 0.151. The van der Waals surface area contributed by atoms with Gasteiger partial charge < -0.3 is 23.9 Å². The maximum Gasteiger partial charge on any atom is 0.237 e. The second kappa shape index (κ2) is 6.31. The summed E-state index contributed by atoms with van der Waals surface area (Å²) in [6.45, 7) is 4.27. The summed E-state index contributed by atoms with van der Waals surface area (Å²) in [5.41, 5.74) is -0.539. The van der Waals surface area contributed by atoms with Gasteiger partial charge in [0.1, 0.15) is 6.10 Å². The number of halogens is 1. The second-order valence-corrected chi connectivity index (χ2v) is 6.60. The predicted octanol–water partition coefficient (Wildman–Crippen LogP) is 1.72. The zero-order valence-corrected chi connectivity index (χ0v) is 15.0. The van der Waals surface area contributed by atoms with Crippen molar-refractivity contribution in [2.75, 3.05) is 21.3 Å². The molecule has 0 fully saturated rings. The molecule has 2 rings (SSSR count). The number of methoxy groups -OCH3 is 3. The highest BCUT2D eigenvalue weighted by Crippen LogP contribution is 2.48. The first-order chi connectivity index (χ1) is 10.3. The van der Waals surface area contributed by atoms with Gasteiger partial charge in [0.2, 0.25) is 5.43 Å². The number of pyridine rings is 1. The molecule has 124 valence electrons. The van der Waals surface area contributed by atoms with Gasteiger partial charge in [-0.15, -0.1) is 0 Å². The van der Waals surface area contributed by atoms with E-state index in [1.165, 1.54) is 7.11 Å². The summed E-state index contributed by atoms with van der Waals surface area (Å²) in [5.74, 6) is 0.144. The summed E-state index contributed by atoms with van der Waals surface area (Å²) in [4.78, 5) is 12.3. The van der Waals surface area contributed by atoms with Crippen LogP contribution < -0.4 is 10.2 Å². The van der Waals surface area contributed by atoms with Crippen LogP contribution in [-0.4, -0.2) is 43.2 Å². The minimum atomic E-state index is -0.961. The molecule has 0 aromatic carbocycles. The second-order valence-electron chi connectivity index (χ2n) is 5.75. The van der Waals surface area contributed by atoms with E-state index >= 15 is 0 Å². The first-order valence-corrected chi connectivity index (χ1v) is 7.82. The van der Waals surface area contributed by atoms with Gasteiger partial charge in [0.15, 0.2) is 5.75 Å². The molecular formula is C15H22BrNO5. The Morgan fingerprint density at radius 3 is 2.59 bits per heavy atom. The minimum absolute atomic E-state index is 0.144. The average molecular weight is 376 g/mol. The van der Waals surface area contributed by atoms with Crippen molar-refractivity contribution in [3.05, 3.63) is 26.6 Å². The first kappa shape index (κ1) is 17.5. The zero-order chi connectivity index (χ0) is 16.7. The number of aromatic nitrogens is 1. The van der Waals surface area contributed by atoms with Crippen LogP contribution in [-0.2, 0) is 16.0 Å². The van der Waals surface area contributed by atoms with Crippen molar-refractivity contribution in [3.8, 4) is 5.75 Å². The molecule has 0 amide bonds. The molecular weight excluding hydrogens is 354 g/mol. The van der Waals surface area contributed by atoms with Gasteiger partial charge in [-0.05, 0) is 22.9 Å². The van der Waals surface area contributed by atoms with Gasteiger partial charge in [-0.2, -0.15) is 0 Å². The topological polar surface area (TPSA) is 69.9 Å². The van der Waals surface area contributed by atoms with Crippen molar-refractivity contribution in [3.63, 3.8) is 0 Å². The Labute approximate surface area is 138 Å². The van der Waals surface area contributed by atoms with Crippen molar-refractivity contribution in [2.24, 2.45) is 5.41 Å². The van der Waals surface area contributed by atoms with Crippen LogP contribution in [0.1, 0.15) is 25.6 Å². The fraction of sp³-hybridized carbons (Fsp3) is 0.667. The normalized spacial score (nSPS) is 29.0. The van der Waals surface area contributed by atoms with Gasteiger partial charge in [-0.25, -0.2) is 0 Å². The van der Waals surface area contributed by atoms with Crippen molar-refractivity contribution < 1.29 is 19.3 Å². The molecule has 22 heavy (non-hydrogen) atoms. The standard InChI is InChI=1S/C15H22BrNO5/c1-8(20-3)15(2)10(21-4)7-17-6-9(16)12(18)13(22-5)11(17)14(15)19/h6,8,10,14,19H,7H2,1-5H3. The minimum Gasteiger partial charge on any atom is -0.491 e. The lowest BCUT2D eigenvalue weighted by molar-refractivity contribution is -0.165. The van der Waals surface area contributed by atoms with Gasteiger partial charge in [0.25, 0.3) is 0 Å². The number of rotatable bonds is 4. The van der Waals surface area contributed by atoms with Crippen LogP contribution in [0, 0.1) is 5.41 Å². The van der Waals surface area contributed by atoms with Crippen molar-refractivity contribution >= 4 is 15.9 Å². The van der Waals surface area contributed by atoms with Crippen LogP contribution in [0.5, 0.6) is 5.75 Å². The number of aliphatic hydroxyl groups excluding tert-OH is 1. The molecule has 1 aromatic rings. The van der Waals surface area contributed by atoms with E-state index in [2.05, 4.69) is 15.9 Å². The van der Waals surface area contributed by atoms with E-state index in [9.17, 15) is 9.90 Å². The highest BCUT2D eigenvalue weighted by atomic mass is 79.9. The number of fused-ring (bicyclic) bond motifs is 1. The third-order valence-electron chi connectivity index (χ3n) is 4.86. The molecule has 1 aliphatic rings. The molecule has 0 bridgehead atoms. The Bertz CT molecular complexity index is 617. The molecule has 1 aliphatic heterocycles. The van der Waals surface area contributed by atoms with E-state index in [1.54, 1.807) is 25.0 Å². The largest absolute Gasteiger partial charge is 0.491 e. The molecule has 0 aliphatic carbocycles. The Morgan fingerprint density at radius 1 is 1.45 bits per heavy atom. The molecule has 2 heterocycles. The summed E-state index contributed by atoms with van der Waals surface area (Å²) < 4.78 is 18.5. The first-order valence-electron chi connectivity index (χ1n) is 7.03. The van der Waals surface area contributed by atoms with Crippen molar-refractivity contribution in [1.82, 2.24) is 4.57 Å². The molecule has 4 atom stereocenters. The van der Waals surface area contributed by atoms with E-state index < -0.39 is 11.5 Å². The highest BCUT2D eigenvalue weighted by Gasteiger charge is 2.52. The fourth-order valence-corrected chi connectivity index (χ4v) is 3.59. The van der Waals surface area contributed by atoms with E-state index in [4.69, 9.17) is 14.2 Å². The average Bonchev–Trinajstić information content (AvgIpc) is 2.51. The number of hydrogen-bond donors (Lipinski definition) is 1. The molecule has 0 saturated heterocycles. The Balaban J connectivity index is 2.70. The highest BCUT2D eigenvalue weighted by molar-refractivity contribution is 9.10. The fourth-order valence-electron chi connectivity index (χ4n) is 3.16. The summed E-state index contributed by atoms with van der Waals surface area (Å²) >= 11 is 3.24. The SMILES string of the molecule is COc1c2n(cc(Br)c1=O)CC(OC)C(C)(C(C)OC)C2O. The van der Waals surface area contributed by atoms with Crippen LogP contribution in [0.2, 0.25) is 0 Å². The Morgan fingerprint density at radius 2 is 2.09 bits per heavy atom. The van der Waals surface area contributed by atoms with Gasteiger partial charge >= 0.3 is 0 Å². The van der Waals surface area contributed by atoms with Gasteiger partial charge in [-0.3, -0.25) is 4.79 Å². The summed E-state index contributed by atoms with van der Waals surface area (Å²) in [5, 5.41) is 11.0. The van der Waals surface area contributed by atoms with Crippen LogP contribution in [0.25, 0.3) is 0 Å². The lowest BCUT2D eigenvalue weighted by atomic mass is 9.70. The molecule has 7 heteroatoms. The van der Waals surface area contributed by atoms with E-state index in [-0.39, 0.29) is 23.4 Å². The van der Waals surface area contributed by atoms with Crippen LogP contribution in [0.15, 0.2) is 15.5 Å². The molecule has 4 unspecified atom stereocenters. The lowest BCUT2D eigenvalue weighted by Crippen LogP contribution is -2.53. The molecule has 0 radical (unpaired) electrons. The van der Waals surface area contributed by atoms with Crippen LogP contribution >= 0.6 is 15.9 Å². The number of nitrogens with zero attached hydrogens (tertiary/aromatic N) is 1. The predicted molar refractivity (Wildman–Crippen MR) is 85.3 cm³/mol. The molecule has 0 spiro atoms. The monoisotopic (exact) mass is 375 g/mol. The zero-order valence-electron chi connectivity index (χ0n) is 13.4. The molecule has 0 saturated carbocycles. The smallest absolute Gasteiger partial charge is 0.237 e. The third kappa shape index (κ3) is 2.40. The third-order valence-corrected chi connectivity index (χ3v) is 5.42. The maximum absolute atomic E-state index is 12.3. The molecule has 1 aromatic heterocycles. The maximum atomic E-state index is 12.3. The summed E-state index contributed by atoms with van der Waals surface area (Å²) in [6, 6.07) is 0. The Kier molecular flexibility index (Phi) is 5.01. The van der Waals surface area contributed by atoms with Gasteiger partial charge in [-0.1, -0.05) is 6.92 Å². The molecule has 1 N–H and O–H groups in total. The molecule has 6 nitrogen and oxygen atoms in total. The van der Waals surface area contributed by atoms with Gasteiger partial charge in [0.05, 0.1) is 34.9 Å². The number of hydrogen-bond acceptors (Lipinski definition) is 5. The number of ether oxygens (including phenoxy) is 3. The summed E-state index contributed by atoms with van der Waals surface area (Å²) in [7, 11) is 4.63. The van der Waals surface area contributed by atoms with Crippen LogP contribution in [0.4, 0.5) is 0 Å². The van der Waals surface area contributed by atoms with Crippen molar-refractivity contribution in [1.29, 1.82) is 0 Å². The van der Waals surface area contributed by atoms with E-state index in [1.807, 2.05) is 13.8 Å². The number of aliphatic hydroxyl groups is 1. The van der Waals surface area contributed by atoms with E-state index in [0.29, 0.717) is 16.7 Å². The lowest BCUT2D eigenvalue weighted by Gasteiger charge is -2.48. The van der Waals surface area contributed by atoms with Crippen molar-refractivity contribution in [2.45, 2.75) is 38.7 Å². The van der Waals surface area contributed by atoms with E-state index in [0.717, 1.165) is 0 Å². The van der Waals surface area contributed by atoms with Gasteiger partial charge in [0, 0.05) is 27.0 Å². The van der Waals surface area contributed by atoms with Crippen LogP contribution in [0.3, 0.4) is 0 Å². The Hall–Kier alpha value is -0.890.